The van der Waals surface area contributed by atoms with E-state index in [4.69, 9.17) is 18.5 Å². The maximum absolute atomic E-state index is 12.7. The minimum Gasteiger partial charge on any atom is -0.756 e. The van der Waals surface area contributed by atoms with Crippen molar-refractivity contribution in [3.05, 3.63) is 60.8 Å². The number of phosphoric ester groups is 1. The van der Waals surface area contributed by atoms with Crippen molar-refractivity contribution in [3.8, 4) is 0 Å². The van der Waals surface area contributed by atoms with Crippen LogP contribution >= 0.6 is 7.82 Å². The number of nitrogens with zero attached hydrogens (tertiary/aromatic N) is 1. The van der Waals surface area contributed by atoms with Gasteiger partial charge in [0.05, 0.1) is 40.0 Å². The molecule has 372 valence electrons. The average Bonchev–Trinajstić information content (AvgIpc) is 3.24. The Balaban J connectivity index is 4.48. The fourth-order valence-electron chi connectivity index (χ4n) is 6.67. The van der Waals surface area contributed by atoms with E-state index in [2.05, 4.69) is 32.1 Å². The molecule has 0 radical (unpaired) electrons. The largest absolute Gasteiger partial charge is 0.756 e. The van der Waals surface area contributed by atoms with Gasteiger partial charge in [-0.3, -0.25) is 14.2 Å². The molecule has 64 heavy (non-hydrogen) atoms. The first-order valence-electron chi connectivity index (χ1n) is 25.2. The van der Waals surface area contributed by atoms with Crippen LogP contribution in [0.3, 0.4) is 0 Å². The number of quaternary nitrogens is 1. The highest BCUT2D eigenvalue weighted by atomic mass is 31.2. The maximum Gasteiger partial charge on any atom is 0.306 e. The zero-order valence-electron chi connectivity index (χ0n) is 41.2. The summed E-state index contributed by atoms with van der Waals surface area (Å²) in [4.78, 5) is 37.7. The summed E-state index contributed by atoms with van der Waals surface area (Å²) in [5, 5.41) is 20.4. The lowest BCUT2D eigenvalue weighted by Crippen LogP contribution is -2.37. The molecular formula is C52H94NO10P. The zero-order valence-corrected chi connectivity index (χ0v) is 42.1. The molecule has 0 rings (SSSR count). The summed E-state index contributed by atoms with van der Waals surface area (Å²) in [5.74, 6) is -1.08. The van der Waals surface area contributed by atoms with E-state index in [1.807, 2.05) is 27.2 Å². The van der Waals surface area contributed by atoms with E-state index >= 15 is 0 Å². The van der Waals surface area contributed by atoms with Crippen molar-refractivity contribution in [3.63, 3.8) is 0 Å². The van der Waals surface area contributed by atoms with Gasteiger partial charge >= 0.3 is 11.9 Å². The highest BCUT2D eigenvalue weighted by Gasteiger charge is 2.22. The Morgan fingerprint density at radius 1 is 0.578 bits per heavy atom. The number of allylic oxidation sites excluding steroid dienone is 7. The number of esters is 2. The number of hydrogen-bond acceptors (Lipinski definition) is 10. The number of rotatable bonds is 45. The lowest BCUT2D eigenvalue weighted by atomic mass is 10.0. The van der Waals surface area contributed by atoms with Gasteiger partial charge < -0.3 is 38.1 Å². The Labute approximate surface area is 391 Å². The third-order valence-electron chi connectivity index (χ3n) is 10.7. The van der Waals surface area contributed by atoms with E-state index in [0.717, 1.165) is 25.7 Å². The first kappa shape index (κ1) is 61.6. The van der Waals surface area contributed by atoms with E-state index in [0.29, 0.717) is 36.7 Å². The maximum atomic E-state index is 12.7. The molecule has 0 aromatic heterocycles. The van der Waals surface area contributed by atoms with Crippen LogP contribution in [0.15, 0.2) is 60.8 Å². The lowest BCUT2D eigenvalue weighted by molar-refractivity contribution is -0.870. The number of likely N-dealkylation sites (N-methyl/N-ethyl adjacent to an activating group) is 1. The monoisotopic (exact) mass is 924 g/mol. The molecule has 0 aliphatic rings. The standard InChI is InChI=1S/C52H94NO10P/c1-6-8-10-12-14-15-16-17-18-19-20-21-22-23-24-25-26-27-28-30-36-42-51(56)60-46-50(47-62-64(58,59)61-45-44-53(3,4)5)63-52(57)43-37-41-49(55)40-35-32-31-34-39-48(54)38-33-29-13-11-9-7-2/h17-18,29,31-35,39-40,48-50,54-55H,6-16,19-28,30,36-38,41-47H2,1-5H3/b18-17-,32-31+,33-29-,39-34+,40-35-/t48-,49-,50+/m0/s1. The Hall–Kier alpha value is -2.37. The van der Waals surface area contributed by atoms with Gasteiger partial charge in [0, 0.05) is 12.8 Å². The topological polar surface area (TPSA) is 152 Å². The van der Waals surface area contributed by atoms with Crippen molar-refractivity contribution in [2.45, 2.75) is 212 Å². The summed E-state index contributed by atoms with van der Waals surface area (Å²) >= 11 is 0. The van der Waals surface area contributed by atoms with Crippen molar-refractivity contribution >= 4 is 19.8 Å². The fourth-order valence-corrected chi connectivity index (χ4v) is 7.40. The first-order valence-corrected chi connectivity index (χ1v) is 26.7. The summed E-state index contributed by atoms with van der Waals surface area (Å²) in [5.41, 5.74) is 0. The van der Waals surface area contributed by atoms with E-state index in [9.17, 15) is 29.3 Å². The zero-order chi connectivity index (χ0) is 47.4. The van der Waals surface area contributed by atoms with Crippen LogP contribution in [-0.4, -0.2) is 92.5 Å². The SMILES string of the molecule is CCCCC/C=C\C[C@H](O)/C=C/C=C/C=C\[C@H](O)CCCC(=O)O[C@H](COC(=O)CCCCCCCCCCCCC/C=C\CCCCCCCC)COP(=O)([O-])OCC[N+](C)(C)C. The number of hydrogen-bond donors (Lipinski definition) is 2. The van der Waals surface area contributed by atoms with Crippen LogP contribution in [0, 0.1) is 0 Å². The first-order chi connectivity index (χ1) is 30.8. The number of aliphatic hydroxyl groups excluding tert-OH is 2. The third kappa shape index (κ3) is 46.2. The average molecular weight is 924 g/mol. The molecule has 11 nitrogen and oxygen atoms in total. The van der Waals surface area contributed by atoms with Crippen LogP contribution in [0.2, 0.25) is 0 Å². The predicted octanol–water partition coefficient (Wildman–Crippen LogP) is 12.1. The number of aliphatic hydroxyl groups is 2. The molecule has 0 spiro atoms. The lowest BCUT2D eigenvalue weighted by Gasteiger charge is -2.28. The van der Waals surface area contributed by atoms with Crippen molar-refractivity contribution < 1.29 is 52.3 Å². The Morgan fingerprint density at radius 3 is 1.61 bits per heavy atom. The molecule has 0 heterocycles. The van der Waals surface area contributed by atoms with Crippen molar-refractivity contribution in [2.75, 3.05) is 47.5 Å². The molecule has 12 heteroatoms. The van der Waals surface area contributed by atoms with E-state index in [1.54, 1.807) is 36.5 Å². The van der Waals surface area contributed by atoms with Gasteiger partial charge in [-0.25, -0.2) is 0 Å². The molecule has 0 aromatic rings. The van der Waals surface area contributed by atoms with Crippen molar-refractivity contribution in [2.24, 2.45) is 0 Å². The second-order valence-corrected chi connectivity index (χ2v) is 19.6. The van der Waals surface area contributed by atoms with Gasteiger partial charge in [0.25, 0.3) is 7.82 Å². The smallest absolute Gasteiger partial charge is 0.306 e. The Bertz CT molecular complexity index is 1310. The molecule has 1 unspecified atom stereocenters. The highest BCUT2D eigenvalue weighted by molar-refractivity contribution is 7.45. The summed E-state index contributed by atoms with van der Waals surface area (Å²) in [6.45, 7) is 3.88. The minimum atomic E-state index is -4.70. The van der Waals surface area contributed by atoms with Crippen LogP contribution in [0.5, 0.6) is 0 Å². The Morgan fingerprint density at radius 2 is 1.05 bits per heavy atom. The quantitative estimate of drug-likeness (QED) is 0.0151. The molecule has 0 fully saturated rings. The van der Waals surface area contributed by atoms with E-state index < -0.39 is 44.7 Å². The van der Waals surface area contributed by atoms with Gasteiger partial charge in [-0.1, -0.05) is 177 Å². The number of phosphoric acid groups is 1. The van der Waals surface area contributed by atoms with Gasteiger partial charge in [-0.2, -0.15) is 0 Å². The number of carbonyl (C=O) groups is 2. The second kappa shape index (κ2) is 43.2. The molecular weight excluding hydrogens is 830 g/mol. The molecule has 0 aromatic carbocycles. The fraction of sp³-hybridized carbons (Fsp3) is 0.769. The van der Waals surface area contributed by atoms with Crippen LogP contribution in [0.4, 0.5) is 0 Å². The van der Waals surface area contributed by atoms with Gasteiger partial charge in [-0.15, -0.1) is 0 Å². The van der Waals surface area contributed by atoms with Crippen molar-refractivity contribution in [1.29, 1.82) is 0 Å². The second-order valence-electron chi connectivity index (χ2n) is 18.2. The minimum absolute atomic E-state index is 0.0366. The third-order valence-corrected chi connectivity index (χ3v) is 11.7. The molecule has 0 bridgehead atoms. The Kier molecular flexibility index (Phi) is 41.6. The molecule has 2 N–H and O–H groups in total. The number of carbonyl (C=O) groups excluding carboxylic acids is 2. The summed E-state index contributed by atoms with van der Waals surface area (Å²) in [6, 6.07) is 0. The van der Waals surface area contributed by atoms with E-state index in [1.165, 1.54) is 116 Å². The highest BCUT2D eigenvalue weighted by Crippen LogP contribution is 2.38. The van der Waals surface area contributed by atoms with Crippen LogP contribution in [-0.2, 0) is 32.7 Å². The predicted molar refractivity (Wildman–Crippen MR) is 262 cm³/mol. The van der Waals surface area contributed by atoms with E-state index in [-0.39, 0.29) is 26.1 Å². The van der Waals surface area contributed by atoms with Crippen LogP contribution < -0.4 is 4.89 Å². The van der Waals surface area contributed by atoms with Gasteiger partial charge in [0.1, 0.15) is 19.8 Å². The van der Waals surface area contributed by atoms with Gasteiger partial charge in [0.2, 0.25) is 0 Å². The number of unbranched alkanes of at least 4 members (excludes halogenated alkanes) is 20. The molecule has 0 saturated carbocycles. The summed E-state index contributed by atoms with van der Waals surface area (Å²) < 4.78 is 33.8. The van der Waals surface area contributed by atoms with Crippen LogP contribution in [0.25, 0.3) is 0 Å². The molecule has 0 saturated heterocycles. The summed E-state index contributed by atoms with van der Waals surface area (Å²) in [6.07, 6.45) is 45.9. The molecule has 0 aliphatic heterocycles. The summed E-state index contributed by atoms with van der Waals surface area (Å²) in [7, 11) is 1.01. The number of ether oxygens (including phenoxy) is 2. The molecule has 0 amide bonds. The molecule has 4 atom stereocenters. The van der Waals surface area contributed by atoms with Crippen molar-refractivity contribution in [1.82, 2.24) is 0 Å². The van der Waals surface area contributed by atoms with Crippen LogP contribution in [0.1, 0.15) is 194 Å². The van der Waals surface area contributed by atoms with Gasteiger partial charge in [-0.05, 0) is 64.2 Å². The molecule has 0 aliphatic carbocycles. The van der Waals surface area contributed by atoms with Gasteiger partial charge in [0.15, 0.2) is 6.10 Å². The normalized spacial score (nSPS) is 14.9.